The van der Waals surface area contributed by atoms with E-state index in [-0.39, 0.29) is 24.2 Å². The maximum absolute atomic E-state index is 12.3. The fraction of sp³-hybridized carbons (Fsp3) is 0.583. The third kappa shape index (κ3) is 3.21. The molecule has 5 heteroatoms. The number of rotatable bonds is 2. The van der Waals surface area contributed by atoms with Crippen molar-refractivity contribution in [3.8, 4) is 0 Å². The van der Waals surface area contributed by atoms with Gasteiger partial charge in [-0.25, -0.2) is 0 Å². The zero-order valence-electron chi connectivity index (χ0n) is 10.2. The van der Waals surface area contributed by atoms with E-state index in [1.807, 2.05) is 29.3 Å². The van der Waals surface area contributed by atoms with E-state index >= 15 is 0 Å². The highest BCUT2D eigenvalue weighted by Crippen LogP contribution is 2.23. The summed E-state index contributed by atoms with van der Waals surface area (Å²) in [5.74, 6) is 0.261. The van der Waals surface area contributed by atoms with Gasteiger partial charge in [-0.1, -0.05) is 6.07 Å². The number of halogens is 1. The molecule has 2 heterocycles. The first-order chi connectivity index (χ1) is 7.70. The van der Waals surface area contributed by atoms with Crippen molar-refractivity contribution in [2.45, 2.75) is 25.8 Å². The van der Waals surface area contributed by atoms with Crippen molar-refractivity contribution in [2.75, 3.05) is 19.6 Å². The fourth-order valence-corrected chi connectivity index (χ4v) is 2.85. The summed E-state index contributed by atoms with van der Waals surface area (Å²) < 4.78 is 0. The van der Waals surface area contributed by atoms with Gasteiger partial charge in [0.2, 0.25) is 5.91 Å². The van der Waals surface area contributed by atoms with Crippen molar-refractivity contribution in [3.63, 3.8) is 0 Å². The van der Waals surface area contributed by atoms with Crippen LogP contribution in [0.2, 0.25) is 0 Å². The number of nitrogens with zero attached hydrogens (tertiary/aromatic N) is 1. The minimum absolute atomic E-state index is 0. The second-order valence-corrected chi connectivity index (χ2v) is 5.30. The summed E-state index contributed by atoms with van der Waals surface area (Å²) in [4.78, 5) is 15.5. The fourth-order valence-electron chi connectivity index (χ4n) is 2.08. The average molecular weight is 275 g/mol. The average Bonchev–Trinajstić information content (AvgIpc) is 2.81. The Kier molecular flexibility index (Phi) is 5.43. The van der Waals surface area contributed by atoms with Gasteiger partial charge in [-0.15, -0.1) is 23.7 Å². The molecule has 0 spiro atoms. The van der Waals surface area contributed by atoms with Crippen LogP contribution in [0.1, 0.15) is 24.6 Å². The number of carbonyl (C=O) groups excluding carboxylic acids is 1. The topological polar surface area (TPSA) is 32.3 Å². The molecule has 1 saturated heterocycles. The van der Waals surface area contributed by atoms with Crippen molar-refractivity contribution in [1.29, 1.82) is 0 Å². The van der Waals surface area contributed by atoms with E-state index in [1.54, 1.807) is 11.3 Å². The Labute approximate surface area is 113 Å². The van der Waals surface area contributed by atoms with Crippen molar-refractivity contribution in [2.24, 2.45) is 0 Å². The van der Waals surface area contributed by atoms with Gasteiger partial charge in [0.15, 0.2) is 0 Å². The second kappa shape index (κ2) is 6.38. The van der Waals surface area contributed by atoms with Crippen LogP contribution in [0.15, 0.2) is 17.5 Å². The standard InChI is InChI=1S/C12H18N2OS.ClH/c1-9-8-13-5-6-14(9)12(15)10(2)11-4-3-7-16-11;/h3-4,7,9-10,13H,5-6,8H2,1-2H3;1H/t9-,10?;/m0./s1. The molecule has 0 bridgehead atoms. The predicted molar refractivity (Wildman–Crippen MR) is 74.0 cm³/mol. The molecule has 1 N–H and O–H groups in total. The number of piperazine rings is 1. The molecule has 1 aromatic rings. The van der Waals surface area contributed by atoms with E-state index in [4.69, 9.17) is 0 Å². The van der Waals surface area contributed by atoms with Crippen molar-refractivity contribution < 1.29 is 4.79 Å². The number of nitrogens with one attached hydrogen (secondary N) is 1. The Morgan fingerprint density at radius 2 is 2.41 bits per heavy atom. The van der Waals surface area contributed by atoms with Gasteiger partial charge in [-0.05, 0) is 25.3 Å². The van der Waals surface area contributed by atoms with Crippen LogP contribution in [0.4, 0.5) is 0 Å². The van der Waals surface area contributed by atoms with Gasteiger partial charge in [-0.3, -0.25) is 4.79 Å². The Morgan fingerprint density at radius 1 is 1.65 bits per heavy atom. The number of amides is 1. The molecule has 17 heavy (non-hydrogen) atoms. The first-order valence-corrected chi connectivity index (χ1v) is 6.62. The SMILES string of the molecule is CC(C(=O)N1CCNC[C@@H]1C)c1cccs1.Cl. The molecule has 2 rings (SSSR count). The monoisotopic (exact) mass is 274 g/mol. The lowest BCUT2D eigenvalue weighted by Gasteiger charge is -2.35. The molecule has 0 aromatic carbocycles. The van der Waals surface area contributed by atoms with Gasteiger partial charge in [0.25, 0.3) is 0 Å². The maximum Gasteiger partial charge on any atom is 0.230 e. The Morgan fingerprint density at radius 3 is 3.00 bits per heavy atom. The summed E-state index contributed by atoms with van der Waals surface area (Å²) in [5, 5.41) is 5.33. The summed E-state index contributed by atoms with van der Waals surface area (Å²) in [6, 6.07) is 4.36. The summed E-state index contributed by atoms with van der Waals surface area (Å²) in [7, 11) is 0. The molecule has 1 fully saturated rings. The molecule has 3 nitrogen and oxygen atoms in total. The van der Waals surface area contributed by atoms with Crippen molar-refractivity contribution in [1.82, 2.24) is 10.2 Å². The lowest BCUT2D eigenvalue weighted by molar-refractivity contribution is -0.135. The van der Waals surface area contributed by atoms with E-state index in [1.165, 1.54) is 0 Å². The molecular weight excluding hydrogens is 256 g/mol. The third-order valence-electron chi connectivity index (χ3n) is 3.12. The van der Waals surface area contributed by atoms with Gasteiger partial charge < -0.3 is 10.2 Å². The predicted octanol–water partition coefficient (Wildman–Crippen LogP) is 2.09. The zero-order chi connectivity index (χ0) is 11.5. The maximum atomic E-state index is 12.3. The highest BCUT2D eigenvalue weighted by atomic mass is 35.5. The summed E-state index contributed by atoms with van der Waals surface area (Å²) >= 11 is 1.66. The van der Waals surface area contributed by atoms with Crippen LogP contribution in [-0.2, 0) is 4.79 Å². The van der Waals surface area contributed by atoms with Gasteiger partial charge in [0, 0.05) is 30.6 Å². The Bertz CT molecular complexity index is 355. The van der Waals surface area contributed by atoms with Gasteiger partial charge in [0.1, 0.15) is 0 Å². The first-order valence-electron chi connectivity index (χ1n) is 5.74. The molecule has 0 saturated carbocycles. The normalized spacial score (nSPS) is 21.8. The molecule has 1 aromatic heterocycles. The van der Waals surface area contributed by atoms with E-state index in [9.17, 15) is 4.79 Å². The molecule has 96 valence electrons. The van der Waals surface area contributed by atoms with Crippen LogP contribution >= 0.6 is 23.7 Å². The molecule has 0 radical (unpaired) electrons. The van der Waals surface area contributed by atoms with Crippen LogP contribution in [0.5, 0.6) is 0 Å². The number of carbonyl (C=O) groups is 1. The molecule has 0 aliphatic carbocycles. The van der Waals surface area contributed by atoms with Crippen molar-refractivity contribution in [3.05, 3.63) is 22.4 Å². The highest BCUT2D eigenvalue weighted by molar-refractivity contribution is 7.10. The largest absolute Gasteiger partial charge is 0.337 e. The molecule has 1 amide bonds. The molecule has 1 aliphatic rings. The minimum Gasteiger partial charge on any atom is -0.337 e. The molecule has 2 atom stereocenters. The van der Waals surface area contributed by atoms with E-state index in [2.05, 4.69) is 12.2 Å². The quantitative estimate of drug-likeness (QED) is 0.896. The van der Waals surface area contributed by atoms with Crippen LogP contribution in [0.25, 0.3) is 0 Å². The minimum atomic E-state index is 0. The zero-order valence-corrected chi connectivity index (χ0v) is 11.8. The van der Waals surface area contributed by atoms with Crippen LogP contribution in [0.3, 0.4) is 0 Å². The summed E-state index contributed by atoms with van der Waals surface area (Å²) in [5.41, 5.74) is 0. The van der Waals surface area contributed by atoms with E-state index in [0.717, 1.165) is 24.5 Å². The molecule has 1 aliphatic heterocycles. The van der Waals surface area contributed by atoms with E-state index < -0.39 is 0 Å². The van der Waals surface area contributed by atoms with Gasteiger partial charge in [0.05, 0.1) is 5.92 Å². The second-order valence-electron chi connectivity index (χ2n) is 4.32. The molecule has 1 unspecified atom stereocenters. The van der Waals surface area contributed by atoms with Gasteiger partial charge in [-0.2, -0.15) is 0 Å². The summed E-state index contributed by atoms with van der Waals surface area (Å²) in [6.07, 6.45) is 0. The van der Waals surface area contributed by atoms with Crippen LogP contribution < -0.4 is 5.32 Å². The Hall–Kier alpha value is -0.580. The smallest absolute Gasteiger partial charge is 0.230 e. The van der Waals surface area contributed by atoms with Gasteiger partial charge >= 0.3 is 0 Å². The number of thiophene rings is 1. The number of hydrogen-bond acceptors (Lipinski definition) is 3. The number of hydrogen-bond donors (Lipinski definition) is 1. The summed E-state index contributed by atoms with van der Waals surface area (Å²) in [6.45, 7) is 6.75. The lowest BCUT2D eigenvalue weighted by atomic mass is 10.1. The Balaban J connectivity index is 0.00000144. The van der Waals surface area contributed by atoms with E-state index in [0.29, 0.717) is 6.04 Å². The molecular formula is C12H19ClN2OS. The van der Waals surface area contributed by atoms with Crippen LogP contribution in [-0.4, -0.2) is 36.5 Å². The third-order valence-corrected chi connectivity index (χ3v) is 4.18. The lowest BCUT2D eigenvalue weighted by Crippen LogP contribution is -2.53. The first kappa shape index (κ1) is 14.5. The highest BCUT2D eigenvalue weighted by Gasteiger charge is 2.27. The van der Waals surface area contributed by atoms with Crippen molar-refractivity contribution >= 4 is 29.7 Å². The van der Waals surface area contributed by atoms with Crippen LogP contribution in [0, 0.1) is 0 Å².